The average molecular weight is 386 g/mol. The first-order chi connectivity index (χ1) is 14.2. The zero-order valence-electron chi connectivity index (χ0n) is 16.1. The number of carbonyl (C=O) groups is 1. The molecule has 2 heterocycles. The molecule has 1 amide bonds. The van der Waals surface area contributed by atoms with Crippen LogP contribution < -0.4 is 15.4 Å². The number of amides is 1. The molecule has 0 saturated carbocycles. The van der Waals surface area contributed by atoms with E-state index in [0.29, 0.717) is 17.0 Å². The molecule has 29 heavy (non-hydrogen) atoms. The Morgan fingerprint density at radius 3 is 2.83 bits per heavy atom. The molecule has 6 nitrogen and oxygen atoms in total. The molecule has 0 saturated heterocycles. The molecule has 4 rings (SSSR count). The molecule has 0 spiro atoms. The number of anilines is 2. The number of hydrogen-bond donors (Lipinski definition) is 3. The molecule has 0 bridgehead atoms. The third-order valence-corrected chi connectivity index (χ3v) is 4.73. The lowest BCUT2D eigenvalue weighted by molar-refractivity contribution is 0.102. The molecule has 146 valence electrons. The summed E-state index contributed by atoms with van der Waals surface area (Å²) >= 11 is 0. The Kier molecular flexibility index (Phi) is 5.42. The number of methoxy groups -OCH3 is 1. The summed E-state index contributed by atoms with van der Waals surface area (Å²) in [4.78, 5) is 20.0. The predicted octanol–water partition coefficient (Wildman–Crippen LogP) is 4.48. The van der Waals surface area contributed by atoms with Gasteiger partial charge in [-0.1, -0.05) is 24.3 Å². The maximum Gasteiger partial charge on any atom is 0.255 e. The van der Waals surface area contributed by atoms with Crippen molar-refractivity contribution in [1.29, 1.82) is 0 Å². The fourth-order valence-electron chi connectivity index (χ4n) is 3.20. The largest absolute Gasteiger partial charge is 0.497 e. The number of nitrogens with zero attached hydrogens (tertiary/aromatic N) is 1. The molecule has 0 aliphatic carbocycles. The number of benzene rings is 2. The zero-order chi connectivity index (χ0) is 20.1. The van der Waals surface area contributed by atoms with E-state index in [4.69, 9.17) is 4.74 Å². The first kappa shape index (κ1) is 18.6. The van der Waals surface area contributed by atoms with Gasteiger partial charge in [-0.3, -0.25) is 4.79 Å². The zero-order valence-corrected chi connectivity index (χ0v) is 16.1. The molecule has 6 heteroatoms. The van der Waals surface area contributed by atoms with Gasteiger partial charge in [0.15, 0.2) is 0 Å². The summed E-state index contributed by atoms with van der Waals surface area (Å²) in [6, 6.07) is 19.0. The molecule has 0 aliphatic heterocycles. The van der Waals surface area contributed by atoms with Gasteiger partial charge in [0.05, 0.1) is 19.0 Å². The highest BCUT2D eigenvalue weighted by Gasteiger charge is 2.08. The van der Waals surface area contributed by atoms with Gasteiger partial charge in [0.2, 0.25) is 0 Å². The second-order valence-corrected chi connectivity index (χ2v) is 6.65. The van der Waals surface area contributed by atoms with Crippen molar-refractivity contribution >= 4 is 28.3 Å². The van der Waals surface area contributed by atoms with E-state index in [1.165, 1.54) is 10.9 Å². The van der Waals surface area contributed by atoms with Crippen molar-refractivity contribution in [3.05, 3.63) is 84.2 Å². The average Bonchev–Trinajstić information content (AvgIpc) is 3.18. The van der Waals surface area contributed by atoms with E-state index in [0.717, 1.165) is 24.3 Å². The van der Waals surface area contributed by atoms with E-state index >= 15 is 0 Å². The SMILES string of the molecule is COc1cccc(C(=O)Nc2ccc(NCCc3c[nH]c4ccccc34)nc2)c1. The van der Waals surface area contributed by atoms with E-state index in [2.05, 4.69) is 38.9 Å². The third-order valence-electron chi connectivity index (χ3n) is 4.73. The first-order valence-corrected chi connectivity index (χ1v) is 9.43. The van der Waals surface area contributed by atoms with Crippen molar-refractivity contribution in [2.75, 3.05) is 24.3 Å². The monoisotopic (exact) mass is 386 g/mol. The Balaban J connectivity index is 1.32. The van der Waals surface area contributed by atoms with E-state index in [-0.39, 0.29) is 5.91 Å². The van der Waals surface area contributed by atoms with Gasteiger partial charge in [0, 0.05) is 29.2 Å². The number of nitrogens with one attached hydrogen (secondary N) is 3. The van der Waals surface area contributed by atoms with E-state index in [9.17, 15) is 4.79 Å². The molecule has 0 atom stereocenters. The predicted molar refractivity (Wildman–Crippen MR) is 116 cm³/mol. The van der Waals surface area contributed by atoms with Crippen molar-refractivity contribution in [1.82, 2.24) is 9.97 Å². The molecule has 0 radical (unpaired) electrons. The summed E-state index contributed by atoms with van der Waals surface area (Å²) in [5.74, 6) is 1.21. The van der Waals surface area contributed by atoms with E-state index in [1.54, 1.807) is 37.6 Å². The molecule has 0 aliphatic rings. The van der Waals surface area contributed by atoms with Crippen LogP contribution in [0.25, 0.3) is 10.9 Å². The maximum absolute atomic E-state index is 12.4. The molecular weight excluding hydrogens is 364 g/mol. The van der Waals surface area contributed by atoms with Crippen LogP contribution in [0, 0.1) is 0 Å². The number of para-hydroxylation sites is 1. The molecule has 3 N–H and O–H groups in total. The van der Waals surface area contributed by atoms with Crippen LogP contribution in [-0.4, -0.2) is 29.5 Å². The Labute approximate surface area is 168 Å². The van der Waals surface area contributed by atoms with Crippen molar-refractivity contribution in [3.8, 4) is 5.75 Å². The summed E-state index contributed by atoms with van der Waals surface area (Å²) in [6.07, 6.45) is 4.59. The molecule has 4 aromatic rings. The number of H-pyrrole nitrogens is 1. The van der Waals surface area contributed by atoms with Gasteiger partial charge in [0.25, 0.3) is 5.91 Å². The van der Waals surface area contributed by atoms with Gasteiger partial charge < -0.3 is 20.4 Å². The minimum absolute atomic E-state index is 0.203. The van der Waals surface area contributed by atoms with Gasteiger partial charge in [-0.2, -0.15) is 0 Å². The minimum Gasteiger partial charge on any atom is -0.497 e. The second-order valence-electron chi connectivity index (χ2n) is 6.65. The first-order valence-electron chi connectivity index (χ1n) is 9.43. The molecule has 0 unspecified atom stereocenters. The number of aromatic amines is 1. The van der Waals surface area contributed by atoms with Crippen molar-refractivity contribution < 1.29 is 9.53 Å². The highest BCUT2D eigenvalue weighted by atomic mass is 16.5. The molecule has 2 aromatic heterocycles. The van der Waals surface area contributed by atoms with Crippen molar-refractivity contribution in [2.24, 2.45) is 0 Å². The second kappa shape index (κ2) is 8.48. The number of ether oxygens (including phenoxy) is 1. The fraction of sp³-hybridized carbons (Fsp3) is 0.130. The third kappa shape index (κ3) is 4.38. The molecular formula is C23H22N4O2. The number of aromatic nitrogens is 2. The van der Waals surface area contributed by atoms with Crippen LogP contribution in [-0.2, 0) is 6.42 Å². The van der Waals surface area contributed by atoms with Crippen LogP contribution in [0.5, 0.6) is 5.75 Å². The van der Waals surface area contributed by atoms with Crippen LogP contribution in [0.4, 0.5) is 11.5 Å². The lowest BCUT2D eigenvalue weighted by atomic mass is 10.1. The Bertz CT molecular complexity index is 1120. The molecule has 2 aromatic carbocycles. The van der Waals surface area contributed by atoms with Crippen molar-refractivity contribution in [3.63, 3.8) is 0 Å². The number of carbonyl (C=O) groups excluding carboxylic acids is 1. The van der Waals surface area contributed by atoms with Crippen LogP contribution in [0.2, 0.25) is 0 Å². The Morgan fingerprint density at radius 1 is 1.10 bits per heavy atom. The van der Waals surface area contributed by atoms with Gasteiger partial charge in [-0.25, -0.2) is 4.98 Å². The van der Waals surface area contributed by atoms with E-state index < -0.39 is 0 Å². The highest BCUT2D eigenvalue weighted by molar-refractivity contribution is 6.04. The standard InChI is InChI=1S/C23H22N4O2/c1-29-19-6-4-5-16(13-19)23(28)27-18-9-10-22(26-15-18)24-12-11-17-14-25-21-8-3-2-7-20(17)21/h2-10,13-15,25H,11-12H2,1H3,(H,24,26)(H,27,28). The van der Waals surface area contributed by atoms with Gasteiger partial charge in [-0.15, -0.1) is 0 Å². The van der Waals surface area contributed by atoms with E-state index in [1.807, 2.05) is 24.3 Å². The maximum atomic E-state index is 12.4. The van der Waals surface area contributed by atoms with Gasteiger partial charge in [0.1, 0.15) is 11.6 Å². The Hall–Kier alpha value is -3.80. The lowest BCUT2D eigenvalue weighted by Crippen LogP contribution is -2.12. The fourth-order valence-corrected chi connectivity index (χ4v) is 3.20. The molecule has 0 fully saturated rings. The lowest BCUT2D eigenvalue weighted by Gasteiger charge is -2.08. The topological polar surface area (TPSA) is 79.0 Å². The van der Waals surface area contributed by atoms with Gasteiger partial charge in [-0.05, 0) is 48.4 Å². The van der Waals surface area contributed by atoms with Crippen LogP contribution >= 0.6 is 0 Å². The van der Waals surface area contributed by atoms with Crippen molar-refractivity contribution in [2.45, 2.75) is 6.42 Å². The summed E-state index contributed by atoms with van der Waals surface area (Å²) < 4.78 is 5.16. The number of hydrogen-bond acceptors (Lipinski definition) is 4. The van der Waals surface area contributed by atoms with Crippen LogP contribution in [0.15, 0.2) is 73.1 Å². The van der Waals surface area contributed by atoms with Crippen LogP contribution in [0.1, 0.15) is 15.9 Å². The Morgan fingerprint density at radius 2 is 2.00 bits per heavy atom. The normalized spacial score (nSPS) is 10.7. The summed E-state index contributed by atoms with van der Waals surface area (Å²) in [5.41, 5.74) is 3.59. The van der Waals surface area contributed by atoms with Crippen LogP contribution in [0.3, 0.4) is 0 Å². The highest BCUT2D eigenvalue weighted by Crippen LogP contribution is 2.19. The number of pyridine rings is 1. The summed E-state index contributed by atoms with van der Waals surface area (Å²) in [6.45, 7) is 0.768. The van der Waals surface area contributed by atoms with Gasteiger partial charge >= 0.3 is 0 Å². The number of fused-ring (bicyclic) bond motifs is 1. The number of rotatable bonds is 7. The summed E-state index contributed by atoms with van der Waals surface area (Å²) in [7, 11) is 1.57. The summed E-state index contributed by atoms with van der Waals surface area (Å²) in [5, 5.41) is 7.42. The quantitative estimate of drug-likeness (QED) is 0.438. The minimum atomic E-state index is -0.203. The smallest absolute Gasteiger partial charge is 0.255 e.